The molecule has 0 spiro atoms. The average molecular weight is 132 g/mol. The van der Waals surface area contributed by atoms with Crippen LogP contribution in [0.5, 0.6) is 0 Å². The van der Waals surface area contributed by atoms with E-state index in [1.165, 1.54) is 10.2 Å². The molecule has 0 unspecified atom stereocenters. The second-order valence-corrected chi connectivity index (χ2v) is 5.90. The van der Waals surface area contributed by atoms with Gasteiger partial charge in [0.1, 0.15) is 0 Å². The third-order valence-electron chi connectivity index (χ3n) is 0.739. The molecule has 0 aliphatic carbocycles. The maximum Gasteiger partial charge on any atom is 0.0484 e. The number of ether oxygens (including phenoxy) is 1. The largest absolute Gasteiger partial charge is 0.382 e. The fraction of sp³-hybridized carbons (Fsp3) is 1.00. The van der Waals surface area contributed by atoms with E-state index in [0.717, 1.165) is 13.2 Å². The molecule has 8 heavy (non-hydrogen) atoms. The Hall–Kier alpha value is 0.177. The van der Waals surface area contributed by atoms with E-state index in [1.54, 1.807) is 0 Å². The van der Waals surface area contributed by atoms with Gasteiger partial charge in [-0.05, 0) is 12.0 Å². The predicted octanol–water partition coefficient (Wildman–Crippen LogP) is 0.587. The van der Waals surface area contributed by atoms with E-state index in [9.17, 15) is 0 Å². The molecule has 0 bridgehead atoms. The van der Waals surface area contributed by atoms with E-state index >= 15 is 0 Å². The first-order chi connectivity index (χ1) is 3.56. The number of rotatable bonds is 3. The summed E-state index contributed by atoms with van der Waals surface area (Å²) in [4.78, 5) is 0. The molecule has 0 N–H and O–H groups in total. The van der Waals surface area contributed by atoms with Gasteiger partial charge in [-0.25, -0.2) is 0 Å². The quantitative estimate of drug-likeness (QED) is 0.511. The first kappa shape index (κ1) is 8.18. The molecule has 0 aliphatic rings. The van der Waals surface area contributed by atoms with Crippen LogP contribution in [0, 0.1) is 0 Å². The molecule has 0 atom stereocenters. The summed E-state index contributed by atoms with van der Waals surface area (Å²) in [5.74, 6) is 0. The molecule has 2 heteroatoms. The van der Waals surface area contributed by atoms with Crippen molar-refractivity contribution in [2.24, 2.45) is 0 Å². The minimum Gasteiger partial charge on any atom is -0.382 e. The first-order valence-corrected chi connectivity index (χ1v) is 4.14. The van der Waals surface area contributed by atoms with E-state index in [4.69, 9.17) is 4.74 Å². The first-order valence-electron chi connectivity index (χ1n) is 3.14. The van der Waals surface area contributed by atoms with Crippen molar-refractivity contribution in [3.63, 3.8) is 0 Å². The summed E-state index contributed by atoms with van der Waals surface area (Å²) >= 11 is 0. The Balaban J connectivity index is 3.11. The Morgan fingerprint density at radius 2 is 2.00 bits per heavy atom. The monoisotopic (exact) mass is 132 g/mol. The Labute approximate surface area is 54.8 Å². The summed E-state index contributed by atoms with van der Waals surface area (Å²) < 4.78 is 5.23. The zero-order valence-electron chi connectivity index (χ0n) is 6.32. The second-order valence-electron chi connectivity index (χ2n) is 3.20. The van der Waals surface area contributed by atoms with Crippen molar-refractivity contribution in [2.45, 2.75) is 25.8 Å². The van der Waals surface area contributed by atoms with Crippen molar-refractivity contribution in [1.29, 1.82) is 0 Å². The zero-order valence-corrected chi connectivity index (χ0v) is 8.32. The van der Waals surface area contributed by atoms with Gasteiger partial charge in [-0.3, -0.25) is 0 Å². The average Bonchev–Trinajstić information content (AvgIpc) is 1.59. The molecule has 0 aromatic heterocycles. The van der Waals surface area contributed by atoms with Gasteiger partial charge in [0, 0.05) is 23.5 Å². The van der Waals surface area contributed by atoms with Crippen LogP contribution in [0.15, 0.2) is 0 Å². The highest BCUT2D eigenvalue weighted by Gasteiger charge is 2.08. The highest BCUT2D eigenvalue weighted by molar-refractivity contribution is 6.14. The van der Waals surface area contributed by atoms with Gasteiger partial charge >= 0.3 is 0 Å². The molecule has 1 nitrogen and oxygen atoms in total. The molecular weight excluding hydrogens is 116 g/mol. The van der Waals surface area contributed by atoms with Crippen LogP contribution in [0.25, 0.3) is 0 Å². The zero-order chi connectivity index (χ0) is 6.62. The van der Waals surface area contributed by atoms with Gasteiger partial charge < -0.3 is 4.74 Å². The summed E-state index contributed by atoms with van der Waals surface area (Å²) in [6.45, 7) is 8.28. The van der Waals surface area contributed by atoms with E-state index in [1.807, 2.05) is 6.92 Å². The molecule has 0 saturated carbocycles. The lowest BCUT2D eigenvalue weighted by atomic mass is 10.2. The van der Waals surface area contributed by atoms with Gasteiger partial charge in [-0.2, -0.15) is 0 Å². The van der Waals surface area contributed by atoms with Crippen molar-refractivity contribution >= 4 is 10.2 Å². The molecule has 0 fully saturated rings. The normalized spacial score (nSPS) is 12.4. The smallest absolute Gasteiger partial charge is 0.0484 e. The van der Waals surface area contributed by atoms with Gasteiger partial charge in [0.2, 0.25) is 0 Å². The Morgan fingerprint density at radius 3 is 2.12 bits per heavy atom. The minimum atomic E-state index is 0.468. The molecule has 50 valence electrons. The van der Waals surface area contributed by atoms with Crippen molar-refractivity contribution < 1.29 is 4.74 Å². The van der Waals surface area contributed by atoms with Crippen LogP contribution in [-0.2, 0) is 4.74 Å². The molecule has 0 aliphatic heterocycles. The molecule has 0 rings (SSSR count). The van der Waals surface area contributed by atoms with Gasteiger partial charge in [-0.15, -0.1) is 0 Å². The van der Waals surface area contributed by atoms with Crippen molar-refractivity contribution in [3.8, 4) is 0 Å². The standard InChI is InChI=1S/C6H16OSi/c1-4-7-5-6(2,3)8/h4-5H2,1-3,8H3. The van der Waals surface area contributed by atoms with Crippen LogP contribution in [0.4, 0.5) is 0 Å². The van der Waals surface area contributed by atoms with Gasteiger partial charge in [0.25, 0.3) is 0 Å². The number of hydrogen-bond acceptors (Lipinski definition) is 1. The van der Waals surface area contributed by atoms with Crippen LogP contribution >= 0.6 is 0 Å². The van der Waals surface area contributed by atoms with Crippen molar-refractivity contribution in [3.05, 3.63) is 0 Å². The van der Waals surface area contributed by atoms with E-state index < -0.39 is 0 Å². The predicted molar refractivity (Wildman–Crippen MR) is 40.5 cm³/mol. The van der Waals surface area contributed by atoms with Gasteiger partial charge in [0.15, 0.2) is 0 Å². The SMILES string of the molecule is CCOCC(C)(C)[SiH3]. The van der Waals surface area contributed by atoms with E-state index in [0.29, 0.717) is 5.04 Å². The number of hydrogen-bond donors (Lipinski definition) is 0. The summed E-state index contributed by atoms with van der Waals surface area (Å²) in [5, 5.41) is 0.468. The van der Waals surface area contributed by atoms with Crippen LogP contribution in [0.2, 0.25) is 5.04 Å². The molecule has 0 saturated heterocycles. The van der Waals surface area contributed by atoms with Crippen LogP contribution in [0.3, 0.4) is 0 Å². The lowest BCUT2D eigenvalue weighted by Gasteiger charge is -2.16. The van der Waals surface area contributed by atoms with E-state index in [2.05, 4.69) is 13.8 Å². The third-order valence-corrected chi connectivity index (χ3v) is 1.03. The van der Waals surface area contributed by atoms with Crippen LogP contribution in [0.1, 0.15) is 20.8 Å². The Morgan fingerprint density at radius 1 is 1.50 bits per heavy atom. The third kappa shape index (κ3) is 6.18. The maximum atomic E-state index is 5.23. The highest BCUT2D eigenvalue weighted by atomic mass is 28.1. The van der Waals surface area contributed by atoms with Gasteiger partial charge in [0.05, 0.1) is 0 Å². The lowest BCUT2D eigenvalue weighted by molar-refractivity contribution is 0.127. The summed E-state index contributed by atoms with van der Waals surface area (Å²) in [6.07, 6.45) is 0. The molecule has 0 aromatic rings. The summed E-state index contributed by atoms with van der Waals surface area (Å²) in [7, 11) is 1.22. The Bertz CT molecular complexity index is 56.0. The molecule has 0 radical (unpaired) electrons. The van der Waals surface area contributed by atoms with E-state index in [-0.39, 0.29) is 0 Å². The molecule has 0 aromatic carbocycles. The fourth-order valence-electron chi connectivity index (χ4n) is 0.408. The summed E-state index contributed by atoms with van der Waals surface area (Å²) in [5.41, 5.74) is 0. The fourth-order valence-corrected chi connectivity index (χ4v) is 0.612. The van der Waals surface area contributed by atoms with Gasteiger partial charge in [-0.1, -0.05) is 13.8 Å². The molecule has 0 amide bonds. The maximum absolute atomic E-state index is 5.23. The highest BCUT2D eigenvalue weighted by Crippen LogP contribution is 2.17. The lowest BCUT2D eigenvalue weighted by Crippen LogP contribution is -2.11. The second kappa shape index (κ2) is 3.25. The van der Waals surface area contributed by atoms with Crippen LogP contribution < -0.4 is 0 Å². The minimum absolute atomic E-state index is 0.468. The molecular formula is C6H16OSi. The van der Waals surface area contributed by atoms with Crippen LogP contribution in [-0.4, -0.2) is 23.5 Å². The van der Waals surface area contributed by atoms with Crippen molar-refractivity contribution in [2.75, 3.05) is 13.2 Å². The van der Waals surface area contributed by atoms with Crippen molar-refractivity contribution in [1.82, 2.24) is 0 Å². The summed E-state index contributed by atoms with van der Waals surface area (Å²) in [6, 6.07) is 0. The topological polar surface area (TPSA) is 9.23 Å². The Kier molecular flexibility index (Phi) is 3.32. The molecule has 0 heterocycles.